The zero-order chi connectivity index (χ0) is 19.3. The van der Waals surface area contributed by atoms with Crippen LogP contribution in [0, 0.1) is 0 Å². The Morgan fingerprint density at radius 1 is 1.19 bits per heavy atom. The maximum absolute atomic E-state index is 12.6. The monoisotopic (exact) mass is 379 g/mol. The van der Waals surface area contributed by atoms with Crippen molar-refractivity contribution in [1.82, 2.24) is 15.1 Å². The van der Waals surface area contributed by atoms with E-state index in [0.29, 0.717) is 31.6 Å². The van der Waals surface area contributed by atoms with Gasteiger partial charge in [-0.1, -0.05) is 19.8 Å². The van der Waals surface area contributed by atoms with Crippen molar-refractivity contribution in [1.29, 1.82) is 0 Å². The van der Waals surface area contributed by atoms with Gasteiger partial charge in [-0.3, -0.25) is 14.5 Å². The van der Waals surface area contributed by atoms with Crippen molar-refractivity contribution < 1.29 is 18.7 Å². The topological polar surface area (TPSA) is 75.0 Å². The molecule has 27 heavy (non-hydrogen) atoms. The van der Waals surface area contributed by atoms with Crippen LogP contribution in [0.2, 0.25) is 0 Å². The van der Waals surface area contributed by atoms with Gasteiger partial charge in [-0.2, -0.15) is 0 Å². The largest absolute Gasteiger partial charge is 0.472 e. The normalized spacial score (nSPS) is 14.9. The molecule has 0 aliphatic carbocycles. The van der Waals surface area contributed by atoms with E-state index >= 15 is 0 Å². The Labute approximate surface area is 162 Å². The molecule has 0 radical (unpaired) electrons. The molecule has 1 aliphatic rings. The van der Waals surface area contributed by atoms with Crippen molar-refractivity contribution in [2.45, 2.75) is 39.0 Å². The molecule has 1 aliphatic heterocycles. The number of unbranched alkanes of at least 4 members (excludes halogenated alkanes) is 2. The van der Waals surface area contributed by atoms with Crippen LogP contribution in [-0.4, -0.2) is 74.1 Å². The van der Waals surface area contributed by atoms with E-state index in [0.717, 1.165) is 58.5 Å². The minimum atomic E-state index is -0.0695. The maximum atomic E-state index is 12.6. The Kier molecular flexibility index (Phi) is 9.94. The summed E-state index contributed by atoms with van der Waals surface area (Å²) in [6.45, 7) is 8.41. The molecule has 0 spiro atoms. The summed E-state index contributed by atoms with van der Waals surface area (Å²) >= 11 is 0. The molecule has 0 aromatic carbocycles. The molecule has 1 aromatic rings. The first-order valence-corrected chi connectivity index (χ1v) is 10.1. The third-order valence-electron chi connectivity index (χ3n) is 4.77. The molecule has 1 saturated heterocycles. The number of carbonyl (C=O) groups is 2. The van der Waals surface area contributed by atoms with Crippen LogP contribution in [-0.2, 0) is 9.53 Å². The average Bonchev–Trinajstić information content (AvgIpc) is 3.23. The number of furan rings is 1. The zero-order valence-corrected chi connectivity index (χ0v) is 16.5. The van der Waals surface area contributed by atoms with E-state index in [1.165, 1.54) is 12.5 Å². The number of ether oxygens (including phenoxy) is 1. The second-order valence-electron chi connectivity index (χ2n) is 6.92. The molecule has 0 atom stereocenters. The van der Waals surface area contributed by atoms with Crippen molar-refractivity contribution in [3.05, 3.63) is 24.2 Å². The Morgan fingerprint density at radius 2 is 2.00 bits per heavy atom. The second-order valence-corrected chi connectivity index (χ2v) is 6.92. The number of hydrogen-bond donors (Lipinski definition) is 1. The lowest BCUT2D eigenvalue weighted by molar-refractivity contribution is -0.121. The standard InChI is InChI=1S/C20H33N3O4/c1-2-3-4-10-23(20(25)18-7-14-27-17-18)11-6-19(24)21-8-5-9-22-12-15-26-16-13-22/h7,14,17H,2-6,8-13,15-16H2,1H3,(H,21,24). The van der Waals surface area contributed by atoms with Gasteiger partial charge in [-0.05, 0) is 25.5 Å². The van der Waals surface area contributed by atoms with Gasteiger partial charge in [0.25, 0.3) is 5.91 Å². The molecule has 0 saturated carbocycles. The van der Waals surface area contributed by atoms with E-state index in [1.54, 1.807) is 11.0 Å². The van der Waals surface area contributed by atoms with Gasteiger partial charge < -0.3 is 19.4 Å². The second kappa shape index (κ2) is 12.5. The molecule has 2 heterocycles. The third-order valence-corrected chi connectivity index (χ3v) is 4.77. The minimum Gasteiger partial charge on any atom is -0.472 e. The third kappa shape index (κ3) is 8.13. The van der Waals surface area contributed by atoms with Gasteiger partial charge in [0, 0.05) is 39.1 Å². The maximum Gasteiger partial charge on any atom is 0.257 e. The van der Waals surface area contributed by atoms with Crippen molar-refractivity contribution in [2.75, 3.05) is 52.5 Å². The number of carbonyl (C=O) groups excluding carboxylic acids is 2. The number of nitrogens with one attached hydrogen (secondary N) is 1. The number of hydrogen-bond acceptors (Lipinski definition) is 5. The van der Waals surface area contributed by atoms with Gasteiger partial charge in [0.15, 0.2) is 0 Å². The molecule has 7 nitrogen and oxygen atoms in total. The predicted molar refractivity (Wildman–Crippen MR) is 104 cm³/mol. The van der Waals surface area contributed by atoms with Crippen molar-refractivity contribution in [2.24, 2.45) is 0 Å². The predicted octanol–water partition coefficient (Wildman–Crippen LogP) is 2.14. The van der Waals surface area contributed by atoms with E-state index in [9.17, 15) is 9.59 Å². The van der Waals surface area contributed by atoms with E-state index < -0.39 is 0 Å². The van der Waals surface area contributed by atoms with E-state index in [1.807, 2.05) is 0 Å². The summed E-state index contributed by atoms with van der Waals surface area (Å²) in [5.74, 6) is -0.0718. The van der Waals surface area contributed by atoms with Crippen molar-refractivity contribution in [3.63, 3.8) is 0 Å². The highest BCUT2D eigenvalue weighted by Crippen LogP contribution is 2.08. The van der Waals surface area contributed by atoms with E-state index in [-0.39, 0.29) is 11.8 Å². The van der Waals surface area contributed by atoms with Gasteiger partial charge in [0.2, 0.25) is 5.91 Å². The molecule has 1 N–H and O–H groups in total. The Balaban J connectivity index is 1.67. The van der Waals surface area contributed by atoms with Crippen LogP contribution >= 0.6 is 0 Å². The lowest BCUT2D eigenvalue weighted by atomic mass is 10.2. The number of nitrogens with zero attached hydrogens (tertiary/aromatic N) is 2. The smallest absolute Gasteiger partial charge is 0.257 e. The molecule has 7 heteroatoms. The first-order chi connectivity index (χ1) is 13.2. The average molecular weight is 380 g/mol. The van der Waals surface area contributed by atoms with Gasteiger partial charge in [0.1, 0.15) is 6.26 Å². The number of rotatable bonds is 12. The fourth-order valence-corrected chi connectivity index (χ4v) is 3.12. The van der Waals surface area contributed by atoms with E-state index in [4.69, 9.17) is 9.15 Å². The lowest BCUT2D eigenvalue weighted by Crippen LogP contribution is -2.38. The molecule has 0 unspecified atom stereocenters. The molecular formula is C20H33N3O4. The van der Waals surface area contributed by atoms with Gasteiger partial charge >= 0.3 is 0 Å². The fraction of sp³-hybridized carbons (Fsp3) is 0.700. The molecule has 1 aromatic heterocycles. The van der Waals surface area contributed by atoms with Crippen LogP contribution in [0.5, 0.6) is 0 Å². The Bertz CT molecular complexity index is 541. The highest BCUT2D eigenvalue weighted by molar-refractivity contribution is 5.94. The van der Waals surface area contributed by atoms with Crippen LogP contribution < -0.4 is 5.32 Å². The van der Waals surface area contributed by atoms with Gasteiger partial charge in [-0.15, -0.1) is 0 Å². The lowest BCUT2D eigenvalue weighted by Gasteiger charge is -2.26. The number of amides is 2. The van der Waals surface area contributed by atoms with Crippen molar-refractivity contribution in [3.8, 4) is 0 Å². The highest BCUT2D eigenvalue weighted by atomic mass is 16.5. The molecule has 2 rings (SSSR count). The Morgan fingerprint density at radius 3 is 2.70 bits per heavy atom. The minimum absolute atomic E-state index is 0.00235. The van der Waals surface area contributed by atoms with Crippen LogP contribution in [0.4, 0.5) is 0 Å². The highest BCUT2D eigenvalue weighted by Gasteiger charge is 2.17. The fourth-order valence-electron chi connectivity index (χ4n) is 3.12. The first-order valence-electron chi connectivity index (χ1n) is 10.1. The molecular weight excluding hydrogens is 346 g/mol. The SMILES string of the molecule is CCCCCN(CCC(=O)NCCCN1CCOCC1)C(=O)c1ccoc1. The summed E-state index contributed by atoms with van der Waals surface area (Å²) < 4.78 is 10.3. The van der Waals surface area contributed by atoms with Gasteiger partial charge in [-0.25, -0.2) is 0 Å². The molecule has 0 bridgehead atoms. The summed E-state index contributed by atoms with van der Waals surface area (Å²) in [6.07, 6.45) is 7.33. The quantitative estimate of drug-likeness (QED) is 0.563. The summed E-state index contributed by atoms with van der Waals surface area (Å²) in [7, 11) is 0. The first kappa shape index (κ1) is 21.4. The number of morpholine rings is 1. The van der Waals surface area contributed by atoms with Crippen molar-refractivity contribution >= 4 is 11.8 Å². The summed E-state index contributed by atoms with van der Waals surface area (Å²) in [5.41, 5.74) is 0.539. The summed E-state index contributed by atoms with van der Waals surface area (Å²) in [6, 6.07) is 1.67. The van der Waals surface area contributed by atoms with Crippen LogP contribution in [0.25, 0.3) is 0 Å². The van der Waals surface area contributed by atoms with E-state index in [2.05, 4.69) is 17.1 Å². The summed E-state index contributed by atoms with van der Waals surface area (Å²) in [5, 5.41) is 2.97. The zero-order valence-electron chi connectivity index (χ0n) is 16.5. The Hall–Kier alpha value is -1.86. The van der Waals surface area contributed by atoms with Crippen LogP contribution in [0.1, 0.15) is 49.4 Å². The molecule has 1 fully saturated rings. The molecule has 152 valence electrons. The summed E-state index contributed by atoms with van der Waals surface area (Å²) in [4.78, 5) is 28.8. The molecule has 2 amide bonds. The van der Waals surface area contributed by atoms with Gasteiger partial charge in [0.05, 0.1) is 25.0 Å². The van der Waals surface area contributed by atoms with Crippen LogP contribution in [0.3, 0.4) is 0 Å². The van der Waals surface area contributed by atoms with Crippen LogP contribution in [0.15, 0.2) is 23.0 Å².